The highest BCUT2D eigenvalue weighted by atomic mass is 16.5. The van der Waals surface area contributed by atoms with Crippen molar-refractivity contribution in [1.29, 1.82) is 0 Å². The standard InChI is InChI=1S/C19H25NO3/c1-14(5-6-15-7-9-16(21-2)10-8-15)20-18-12-11-17(22-3)13-19(18)23-4/h7-14,20H,5-6H2,1-4H3. The minimum Gasteiger partial charge on any atom is -0.497 e. The third-order valence-electron chi connectivity index (χ3n) is 3.84. The summed E-state index contributed by atoms with van der Waals surface area (Å²) in [5.74, 6) is 2.47. The Morgan fingerprint density at radius 2 is 1.52 bits per heavy atom. The molecule has 0 saturated carbocycles. The Kier molecular flexibility index (Phi) is 6.15. The molecule has 124 valence electrons. The maximum atomic E-state index is 5.42. The van der Waals surface area contributed by atoms with Crippen molar-refractivity contribution in [1.82, 2.24) is 0 Å². The van der Waals surface area contributed by atoms with Crippen LogP contribution in [0.2, 0.25) is 0 Å². The molecule has 0 aliphatic heterocycles. The molecule has 2 rings (SSSR count). The van der Waals surface area contributed by atoms with Crippen LogP contribution in [0.3, 0.4) is 0 Å². The van der Waals surface area contributed by atoms with E-state index in [1.54, 1.807) is 21.3 Å². The average molecular weight is 315 g/mol. The molecule has 2 aromatic rings. The molecule has 23 heavy (non-hydrogen) atoms. The first-order valence-corrected chi connectivity index (χ1v) is 7.77. The van der Waals surface area contributed by atoms with Gasteiger partial charge in [0.25, 0.3) is 0 Å². The van der Waals surface area contributed by atoms with Crippen LogP contribution in [0.1, 0.15) is 18.9 Å². The molecule has 0 aromatic heterocycles. The lowest BCUT2D eigenvalue weighted by atomic mass is 10.1. The maximum Gasteiger partial charge on any atom is 0.145 e. The predicted octanol–water partition coefficient (Wildman–Crippen LogP) is 4.15. The molecule has 0 amide bonds. The fourth-order valence-corrected chi connectivity index (χ4v) is 2.43. The number of anilines is 1. The predicted molar refractivity (Wildman–Crippen MR) is 93.9 cm³/mol. The zero-order valence-electron chi connectivity index (χ0n) is 14.3. The summed E-state index contributed by atoms with van der Waals surface area (Å²) in [5.41, 5.74) is 2.29. The molecule has 0 radical (unpaired) electrons. The van der Waals surface area contributed by atoms with Crippen LogP contribution in [-0.4, -0.2) is 27.4 Å². The molecule has 4 nitrogen and oxygen atoms in total. The van der Waals surface area contributed by atoms with Crippen molar-refractivity contribution >= 4 is 5.69 Å². The molecule has 0 aliphatic carbocycles. The summed E-state index contributed by atoms with van der Waals surface area (Å²) in [6.07, 6.45) is 2.04. The first kappa shape index (κ1) is 17.0. The van der Waals surface area contributed by atoms with Gasteiger partial charge in [-0.3, -0.25) is 0 Å². The van der Waals surface area contributed by atoms with Gasteiger partial charge in [-0.15, -0.1) is 0 Å². The topological polar surface area (TPSA) is 39.7 Å². The fraction of sp³-hybridized carbons (Fsp3) is 0.368. The number of ether oxygens (including phenoxy) is 3. The molecule has 4 heteroatoms. The summed E-state index contributed by atoms with van der Waals surface area (Å²) < 4.78 is 15.8. The Morgan fingerprint density at radius 1 is 0.870 bits per heavy atom. The lowest BCUT2D eigenvalue weighted by Crippen LogP contribution is -2.16. The van der Waals surface area contributed by atoms with E-state index in [9.17, 15) is 0 Å². The lowest BCUT2D eigenvalue weighted by Gasteiger charge is -2.18. The van der Waals surface area contributed by atoms with E-state index >= 15 is 0 Å². The van der Waals surface area contributed by atoms with Gasteiger partial charge in [-0.2, -0.15) is 0 Å². The molecule has 0 bridgehead atoms. The molecule has 0 spiro atoms. The third kappa shape index (κ3) is 4.81. The monoisotopic (exact) mass is 315 g/mol. The first-order valence-electron chi connectivity index (χ1n) is 7.77. The van der Waals surface area contributed by atoms with Crippen LogP contribution in [0.15, 0.2) is 42.5 Å². The SMILES string of the molecule is COc1ccc(CCC(C)Nc2ccc(OC)cc2OC)cc1. The molecule has 0 fully saturated rings. The number of nitrogens with one attached hydrogen (secondary N) is 1. The molecule has 2 aromatic carbocycles. The zero-order chi connectivity index (χ0) is 16.7. The van der Waals surface area contributed by atoms with Crippen LogP contribution in [-0.2, 0) is 6.42 Å². The van der Waals surface area contributed by atoms with Crippen LogP contribution in [0, 0.1) is 0 Å². The average Bonchev–Trinajstić information content (AvgIpc) is 2.60. The van der Waals surface area contributed by atoms with Crippen molar-refractivity contribution < 1.29 is 14.2 Å². The van der Waals surface area contributed by atoms with Crippen molar-refractivity contribution in [2.75, 3.05) is 26.6 Å². The summed E-state index contributed by atoms with van der Waals surface area (Å²) in [6, 6.07) is 14.4. The van der Waals surface area contributed by atoms with Crippen LogP contribution in [0.25, 0.3) is 0 Å². The number of benzene rings is 2. The van der Waals surface area contributed by atoms with Gasteiger partial charge in [0.05, 0.1) is 27.0 Å². The van der Waals surface area contributed by atoms with Crippen LogP contribution < -0.4 is 19.5 Å². The number of rotatable bonds is 8. The summed E-state index contributed by atoms with van der Waals surface area (Å²) in [6.45, 7) is 2.17. The first-order chi connectivity index (χ1) is 11.2. The summed E-state index contributed by atoms with van der Waals surface area (Å²) in [4.78, 5) is 0. The van der Waals surface area contributed by atoms with E-state index in [2.05, 4.69) is 24.4 Å². The van der Waals surface area contributed by atoms with Gasteiger partial charge >= 0.3 is 0 Å². The summed E-state index contributed by atoms with van der Waals surface area (Å²) in [5, 5.41) is 3.50. The number of hydrogen-bond donors (Lipinski definition) is 1. The van der Waals surface area contributed by atoms with Crippen molar-refractivity contribution in [2.45, 2.75) is 25.8 Å². The van der Waals surface area contributed by atoms with E-state index < -0.39 is 0 Å². The van der Waals surface area contributed by atoms with E-state index in [0.29, 0.717) is 6.04 Å². The second kappa shape index (κ2) is 8.32. The Balaban J connectivity index is 1.92. The second-order valence-electron chi connectivity index (χ2n) is 5.50. The largest absolute Gasteiger partial charge is 0.497 e. The van der Waals surface area contributed by atoms with Crippen molar-refractivity contribution in [3.8, 4) is 17.2 Å². The molecular weight excluding hydrogens is 290 g/mol. The highest BCUT2D eigenvalue weighted by molar-refractivity contribution is 5.59. The van der Waals surface area contributed by atoms with Gasteiger partial charge in [0.1, 0.15) is 17.2 Å². The molecular formula is C19H25NO3. The quantitative estimate of drug-likeness (QED) is 0.794. The van der Waals surface area contributed by atoms with Gasteiger partial charge in [-0.25, -0.2) is 0 Å². The Bertz CT molecular complexity index is 611. The van der Waals surface area contributed by atoms with E-state index in [1.807, 2.05) is 30.3 Å². The Hall–Kier alpha value is -2.36. The molecule has 1 N–H and O–H groups in total. The fourth-order valence-electron chi connectivity index (χ4n) is 2.43. The van der Waals surface area contributed by atoms with Gasteiger partial charge in [0, 0.05) is 12.1 Å². The van der Waals surface area contributed by atoms with E-state index in [1.165, 1.54) is 5.56 Å². The normalized spacial score (nSPS) is 11.7. The van der Waals surface area contributed by atoms with Gasteiger partial charge in [-0.05, 0) is 49.6 Å². The number of hydrogen-bond acceptors (Lipinski definition) is 4. The minimum absolute atomic E-state index is 0.333. The van der Waals surface area contributed by atoms with Crippen LogP contribution >= 0.6 is 0 Å². The van der Waals surface area contributed by atoms with Crippen molar-refractivity contribution in [2.24, 2.45) is 0 Å². The van der Waals surface area contributed by atoms with Crippen molar-refractivity contribution in [3.63, 3.8) is 0 Å². The number of aryl methyl sites for hydroxylation is 1. The molecule has 0 aliphatic rings. The molecule has 1 unspecified atom stereocenters. The van der Waals surface area contributed by atoms with E-state index in [0.717, 1.165) is 35.8 Å². The van der Waals surface area contributed by atoms with E-state index in [4.69, 9.17) is 14.2 Å². The smallest absolute Gasteiger partial charge is 0.145 e. The van der Waals surface area contributed by atoms with Crippen LogP contribution in [0.5, 0.6) is 17.2 Å². The highest BCUT2D eigenvalue weighted by Gasteiger charge is 2.09. The van der Waals surface area contributed by atoms with Gasteiger partial charge < -0.3 is 19.5 Å². The Morgan fingerprint density at radius 3 is 2.13 bits per heavy atom. The van der Waals surface area contributed by atoms with Gasteiger partial charge in [0.15, 0.2) is 0 Å². The molecule has 1 atom stereocenters. The minimum atomic E-state index is 0.333. The third-order valence-corrected chi connectivity index (χ3v) is 3.84. The summed E-state index contributed by atoms with van der Waals surface area (Å²) >= 11 is 0. The Labute approximate surface area is 138 Å². The van der Waals surface area contributed by atoms with Gasteiger partial charge in [0.2, 0.25) is 0 Å². The van der Waals surface area contributed by atoms with Crippen LogP contribution in [0.4, 0.5) is 5.69 Å². The summed E-state index contributed by atoms with van der Waals surface area (Å²) in [7, 11) is 5.00. The molecule has 0 heterocycles. The maximum absolute atomic E-state index is 5.42. The van der Waals surface area contributed by atoms with Gasteiger partial charge in [-0.1, -0.05) is 12.1 Å². The van der Waals surface area contributed by atoms with E-state index in [-0.39, 0.29) is 0 Å². The van der Waals surface area contributed by atoms with Crippen molar-refractivity contribution in [3.05, 3.63) is 48.0 Å². The zero-order valence-corrected chi connectivity index (χ0v) is 14.3. The second-order valence-corrected chi connectivity index (χ2v) is 5.50. The molecule has 0 saturated heterocycles. The lowest BCUT2D eigenvalue weighted by molar-refractivity contribution is 0.395. The number of methoxy groups -OCH3 is 3. The highest BCUT2D eigenvalue weighted by Crippen LogP contribution is 2.29.